The van der Waals surface area contributed by atoms with Crippen LogP contribution >= 0.6 is 11.3 Å². The normalized spacial score (nSPS) is 17.4. The molecule has 1 aromatic heterocycles. The van der Waals surface area contributed by atoms with E-state index in [1.165, 1.54) is 11.3 Å². The Balaban J connectivity index is 1.69. The van der Waals surface area contributed by atoms with E-state index in [0.717, 1.165) is 19.4 Å². The first-order chi connectivity index (χ1) is 11.7. The van der Waals surface area contributed by atoms with Crippen molar-refractivity contribution in [3.8, 4) is 11.3 Å². The van der Waals surface area contributed by atoms with Gasteiger partial charge in [0.05, 0.1) is 17.2 Å². The number of thiazole rings is 1. The Morgan fingerprint density at radius 3 is 3.17 bits per heavy atom. The fourth-order valence-corrected chi connectivity index (χ4v) is 3.36. The minimum atomic E-state index is -0.344. The van der Waals surface area contributed by atoms with Crippen LogP contribution in [-0.4, -0.2) is 38.4 Å². The van der Waals surface area contributed by atoms with Gasteiger partial charge in [-0.1, -0.05) is 0 Å². The SMILES string of the molecule is O=C(Nc1nccs1)c1cn(CC2CCCO2)cc2c(=O)[nH]nc1-2. The third-order valence-electron chi connectivity index (χ3n) is 3.95. The first-order valence-electron chi connectivity index (χ1n) is 7.61. The molecule has 1 amide bonds. The number of amides is 1. The maximum atomic E-state index is 12.6. The lowest BCUT2D eigenvalue weighted by atomic mass is 10.1. The predicted molar refractivity (Wildman–Crippen MR) is 88.5 cm³/mol. The Labute approximate surface area is 140 Å². The van der Waals surface area contributed by atoms with E-state index in [1.54, 1.807) is 24.0 Å². The summed E-state index contributed by atoms with van der Waals surface area (Å²) in [4.78, 5) is 28.6. The molecule has 0 radical (unpaired) electrons. The number of pyridine rings is 1. The number of ether oxygens (including phenoxy) is 1. The molecule has 0 spiro atoms. The van der Waals surface area contributed by atoms with Crippen molar-refractivity contribution in [3.05, 3.63) is 39.9 Å². The average Bonchev–Trinajstić information content (AvgIpc) is 3.31. The van der Waals surface area contributed by atoms with Gasteiger partial charge in [-0.3, -0.25) is 14.9 Å². The number of hydrogen-bond acceptors (Lipinski definition) is 6. The summed E-state index contributed by atoms with van der Waals surface area (Å²) in [5.41, 5.74) is 0.770. The highest BCUT2D eigenvalue weighted by atomic mass is 32.1. The van der Waals surface area contributed by atoms with E-state index in [0.29, 0.717) is 28.5 Å². The molecule has 1 aromatic rings. The van der Waals surface area contributed by atoms with E-state index in [9.17, 15) is 9.59 Å². The van der Waals surface area contributed by atoms with Crippen LogP contribution in [0.4, 0.5) is 5.13 Å². The van der Waals surface area contributed by atoms with E-state index in [1.807, 2.05) is 4.57 Å². The number of aromatic nitrogens is 4. The molecule has 2 N–H and O–H groups in total. The third kappa shape index (κ3) is 2.83. The molecule has 3 aliphatic heterocycles. The molecule has 0 bridgehead atoms. The van der Waals surface area contributed by atoms with Crippen LogP contribution in [0.3, 0.4) is 0 Å². The van der Waals surface area contributed by atoms with Crippen LogP contribution in [0.5, 0.6) is 0 Å². The van der Waals surface area contributed by atoms with Crippen molar-refractivity contribution in [1.29, 1.82) is 0 Å². The monoisotopic (exact) mass is 345 g/mol. The molecule has 0 aliphatic carbocycles. The number of aromatic amines is 1. The maximum absolute atomic E-state index is 12.6. The zero-order valence-electron chi connectivity index (χ0n) is 12.7. The highest BCUT2D eigenvalue weighted by Crippen LogP contribution is 2.23. The summed E-state index contributed by atoms with van der Waals surface area (Å²) in [6.45, 7) is 1.35. The van der Waals surface area contributed by atoms with Crippen molar-refractivity contribution >= 4 is 22.4 Å². The van der Waals surface area contributed by atoms with Gasteiger partial charge in [-0.15, -0.1) is 11.3 Å². The van der Waals surface area contributed by atoms with Gasteiger partial charge in [0, 0.05) is 37.1 Å². The van der Waals surface area contributed by atoms with Gasteiger partial charge in [-0.2, -0.15) is 5.10 Å². The van der Waals surface area contributed by atoms with Crippen molar-refractivity contribution in [1.82, 2.24) is 19.7 Å². The lowest BCUT2D eigenvalue weighted by molar-refractivity contribution is 0.0961. The lowest BCUT2D eigenvalue weighted by Gasteiger charge is -2.15. The lowest BCUT2D eigenvalue weighted by Crippen LogP contribution is -2.20. The van der Waals surface area contributed by atoms with Crippen molar-refractivity contribution < 1.29 is 9.53 Å². The minimum Gasteiger partial charge on any atom is -0.376 e. The summed E-state index contributed by atoms with van der Waals surface area (Å²) < 4.78 is 7.46. The molecule has 0 saturated carbocycles. The largest absolute Gasteiger partial charge is 0.376 e. The Morgan fingerprint density at radius 1 is 1.50 bits per heavy atom. The van der Waals surface area contributed by atoms with Crippen LogP contribution in [0.2, 0.25) is 0 Å². The number of nitrogens with one attached hydrogen (secondary N) is 2. The van der Waals surface area contributed by atoms with Gasteiger partial charge >= 0.3 is 0 Å². The number of anilines is 1. The van der Waals surface area contributed by atoms with Crippen LogP contribution < -0.4 is 10.9 Å². The average molecular weight is 345 g/mol. The van der Waals surface area contributed by atoms with Gasteiger partial charge in [0.2, 0.25) is 0 Å². The van der Waals surface area contributed by atoms with Gasteiger partial charge in [-0.25, -0.2) is 10.1 Å². The van der Waals surface area contributed by atoms with Crippen molar-refractivity contribution in [2.45, 2.75) is 25.5 Å². The van der Waals surface area contributed by atoms with Crippen molar-refractivity contribution in [2.24, 2.45) is 0 Å². The van der Waals surface area contributed by atoms with Crippen LogP contribution in [0.1, 0.15) is 23.2 Å². The van der Waals surface area contributed by atoms with Gasteiger partial charge in [0.15, 0.2) is 5.13 Å². The van der Waals surface area contributed by atoms with Crippen LogP contribution in [0.15, 0.2) is 28.8 Å². The molecule has 4 heterocycles. The Bertz CT molecular complexity index is 879. The topological polar surface area (TPSA) is 102 Å². The van der Waals surface area contributed by atoms with E-state index in [2.05, 4.69) is 20.5 Å². The standard InChI is InChI=1S/C15H15N5O3S/c21-13(17-15-16-3-5-24-15)10-7-20(6-9-2-1-4-23-9)8-11-12(10)18-19-14(11)22/h3,5,7-9H,1-2,4,6H2,(H,19,22)(H,16,17,21). The zero-order valence-corrected chi connectivity index (χ0v) is 13.5. The van der Waals surface area contributed by atoms with E-state index in [4.69, 9.17) is 4.74 Å². The second kappa shape index (κ2) is 6.17. The zero-order chi connectivity index (χ0) is 16.5. The molecule has 8 nitrogen and oxygen atoms in total. The summed E-state index contributed by atoms with van der Waals surface area (Å²) in [6.07, 6.45) is 7.13. The highest BCUT2D eigenvalue weighted by Gasteiger charge is 2.23. The molecule has 1 saturated heterocycles. The number of H-pyrrole nitrogens is 1. The Hall–Kier alpha value is -2.52. The Morgan fingerprint density at radius 2 is 2.42 bits per heavy atom. The second-order valence-electron chi connectivity index (χ2n) is 5.61. The number of fused-ring (bicyclic) bond motifs is 1. The van der Waals surface area contributed by atoms with Crippen LogP contribution in [-0.2, 0) is 11.3 Å². The first kappa shape index (κ1) is 15.0. The molecule has 0 aromatic carbocycles. The molecule has 9 heteroatoms. The molecule has 24 heavy (non-hydrogen) atoms. The van der Waals surface area contributed by atoms with E-state index >= 15 is 0 Å². The van der Waals surface area contributed by atoms with Crippen LogP contribution in [0, 0.1) is 0 Å². The van der Waals surface area contributed by atoms with Gasteiger partial charge in [0.1, 0.15) is 5.69 Å². The highest BCUT2D eigenvalue weighted by molar-refractivity contribution is 7.13. The summed E-state index contributed by atoms with van der Waals surface area (Å²) in [5.74, 6) is -0.344. The maximum Gasteiger partial charge on any atom is 0.275 e. The summed E-state index contributed by atoms with van der Waals surface area (Å²) in [6, 6.07) is 0. The van der Waals surface area contributed by atoms with Gasteiger partial charge in [-0.05, 0) is 12.8 Å². The molecule has 1 fully saturated rings. The summed E-state index contributed by atoms with van der Waals surface area (Å²) in [7, 11) is 0. The summed E-state index contributed by atoms with van der Waals surface area (Å²) >= 11 is 1.33. The van der Waals surface area contributed by atoms with Gasteiger partial charge < -0.3 is 9.30 Å². The molecule has 1 atom stereocenters. The minimum absolute atomic E-state index is 0.101. The first-order valence-corrected chi connectivity index (χ1v) is 8.49. The third-order valence-corrected chi connectivity index (χ3v) is 4.64. The fourth-order valence-electron chi connectivity index (χ4n) is 2.83. The van der Waals surface area contributed by atoms with Crippen LogP contribution in [0.25, 0.3) is 11.3 Å². The number of nitrogens with zero attached hydrogens (tertiary/aromatic N) is 3. The Kier molecular flexibility index (Phi) is 3.87. The number of carbonyl (C=O) groups is 1. The van der Waals surface area contributed by atoms with Crippen molar-refractivity contribution in [2.75, 3.05) is 11.9 Å². The predicted octanol–water partition coefficient (Wildman–Crippen LogP) is 1.56. The number of carbonyl (C=O) groups excluding carboxylic acids is 1. The van der Waals surface area contributed by atoms with E-state index in [-0.39, 0.29) is 17.6 Å². The fraction of sp³-hybridized carbons (Fsp3) is 0.333. The quantitative estimate of drug-likeness (QED) is 0.747. The molecule has 124 valence electrons. The number of hydrogen-bond donors (Lipinski definition) is 2. The van der Waals surface area contributed by atoms with Gasteiger partial charge in [0.25, 0.3) is 11.5 Å². The van der Waals surface area contributed by atoms with E-state index < -0.39 is 0 Å². The molecular weight excluding hydrogens is 330 g/mol. The number of rotatable bonds is 4. The molecule has 3 aliphatic rings. The molecular formula is C15H15N5O3S. The smallest absolute Gasteiger partial charge is 0.275 e. The molecule has 1 unspecified atom stereocenters. The van der Waals surface area contributed by atoms with Crippen molar-refractivity contribution in [3.63, 3.8) is 0 Å². The summed E-state index contributed by atoms with van der Waals surface area (Å²) in [5, 5.41) is 11.4. The molecule has 4 rings (SSSR count). The second-order valence-corrected chi connectivity index (χ2v) is 6.50.